The van der Waals surface area contributed by atoms with Gasteiger partial charge in [0.2, 0.25) is 5.91 Å². The zero-order valence-corrected chi connectivity index (χ0v) is 15.1. The van der Waals surface area contributed by atoms with Crippen molar-refractivity contribution in [2.75, 3.05) is 18.4 Å². The quantitative estimate of drug-likeness (QED) is 0.732. The van der Waals surface area contributed by atoms with E-state index in [0.29, 0.717) is 6.54 Å². The lowest BCUT2D eigenvalue weighted by atomic mass is 10.1. The number of benzene rings is 2. The monoisotopic (exact) mass is 408 g/mol. The van der Waals surface area contributed by atoms with Crippen LogP contribution in [0.5, 0.6) is 0 Å². The number of halogens is 1. The average molecular weight is 408 g/mol. The first kappa shape index (κ1) is 17.0. The molecule has 1 N–H and O–H groups in total. The van der Waals surface area contributed by atoms with E-state index in [1.54, 1.807) is 0 Å². The van der Waals surface area contributed by atoms with Gasteiger partial charge in [-0.05, 0) is 59.3 Å². The lowest BCUT2D eigenvalue weighted by Gasteiger charge is -2.21. The molecule has 0 atom stereocenters. The highest BCUT2D eigenvalue weighted by Gasteiger charge is 2.11. The molecule has 2 aromatic rings. The molecule has 0 bridgehead atoms. The lowest BCUT2D eigenvalue weighted by molar-refractivity contribution is -0.117. The molecule has 0 saturated heterocycles. The fourth-order valence-corrected chi connectivity index (χ4v) is 2.79. The van der Waals surface area contributed by atoms with Crippen LogP contribution in [0, 0.1) is 10.5 Å². The number of rotatable bonds is 6. The second kappa shape index (κ2) is 8.29. The van der Waals surface area contributed by atoms with Gasteiger partial charge in [-0.2, -0.15) is 0 Å². The van der Waals surface area contributed by atoms with Crippen molar-refractivity contribution in [3.05, 3.63) is 63.2 Å². The molecule has 1 amide bonds. The van der Waals surface area contributed by atoms with E-state index < -0.39 is 0 Å². The summed E-state index contributed by atoms with van der Waals surface area (Å²) in [5, 5.41) is 2.99. The average Bonchev–Trinajstić information content (AvgIpc) is 2.51. The minimum Gasteiger partial charge on any atom is -0.324 e. The number of amides is 1. The minimum absolute atomic E-state index is 0.0274. The third kappa shape index (κ3) is 4.81. The number of para-hydroxylation sites is 1. The number of carbonyl (C=O) groups is 1. The Hall–Kier alpha value is -1.40. The van der Waals surface area contributed by atoms with Gasteiger partial charge in [0.1, 0.15) is 0 Å². The van der Waals surface area contributed by atoms with Crippen LogP contribution in [0.25, 0.3) is 0 Å². The highest BCUT2D eigenvalue weighted by atomic mass is 127. The maximum Gasteiger partial charge on any atom is 0.238 e. The van der Waals surface area contributed by atoms with Crippen molar-refractivity contribution in [2.24, 2.45) is 0 Å². The number of hydrogen-bond acceptors (Lipinski definition) is 2. The molecule has 3 nitrogen and oxygen atoms in total. The van der Waals surface area contributed by atoms with Crippen molar-refractivity contribution >= 4 is 34.2 Å². The summed E-state index contributed by atoms with van der Waals surface area (Å²) in [6, 6.07) is 16.1. The van der Waals surface area contributed by atoms with E-state index in [9.17, 15) is 4.79 Å². The van der Waals surface area contributed by atoms with E-state index in [1.165, 1.54) is 11.1 Å². The molecular formula is C18H21IN2O. The predicted octanol–water partition coefficient (Wildman–Crippen LogP) is 4.06. The molecule has 2 aromatic carbocycles. The zero-order valence-electron chi connectivity index (χ0n) is 13.0. The Morgan fingerprint density at radius 1 is 1.14 bits per heavy atom. The third-order valence-corrected chi connectivity index (χ3v) is 4.56. The van der Waals surface area contributed by atoms with Crippen LogP contribution < -0.4 is 5.32 Å². The van der Waals surface area contributed by atoms with Gasteiger partial charge in [-0.1, -0.05) is 43.3 Å². The van der Waals surface area contributed by atoms with Crippen LogP contribution in [-0.4, -0.2) is 23.9 Å². The molecule has 0 aromatic heterocycles. The topological polar surface area (TPSA) is 32.3 Å². The second-order valence-electron chi connectivity index (χ2n) is 5.26. The molecule has 0 aliphatic rings. The lowest BCUT2D eigenvalue weighted by Crippen LogP contribution is -2.33. The maximum atomic E-state index is 12.3. The first-order valence-electron chi connectivity index (χ1n) is 7.41. The highest BCUT2D eigenvalue weighted by molar-refractivity contribution is 14.1. The fraction of sp³-hybridized carbons (Fsp3) is 0.278. The summed E-state index contributed by atoms with van der Waals surface area (Å²) >= 11 is 2.23. The Balaban J connectivity index is 1.97. The van der Waals surface area contributed by atoms with Crippen LogP contribution >= 0.6 is 22.6 Å². The van der Waals surface area contributed by atoms with Gasteiger partial charge in [-0.25, -0.2) is 0 Å². The summed E-state index contributed by atoms with van der Waals surface area (Å²) in [4.78, 5) is 14.4. The van der Waals surface area contributed by atoms with Crippen LogP contribution in [0.1, 0.15) is 18.1 Å². The first-order valence-corrected chi connectivity index (χ1v) is 8.49. The van der Waals surface area contributed by atoms with Crippen LogP contribution in [0.3, 0.4) is 0 Å². The van der Waals surface area contributed by atoms with Gasteiger partial charge >= 0.3 is 0 Å². The molecule has 116 valence electrons. The van der Waals surface area contributed by atoms with Crippen molar-refractivity contribution in [1.82, 2.24) is 4.90 Å². The normalized spacial score (nSPS) is 10.7. The molecular weight excluding hydrogens is 387 g/mol. The molecule has 0 heterocycles. The standard InChI is InChI=1S/C18H21IN2O/c1-3-21(12-15-9-5-4-8-14(15)2)13-18(22)20-17-11-7-6-10-16(17)19/h4-11H,3,12-13H2,1-2H3,(H,20,22). The number of aryl methyl sites for hydroxylation is 1. The minimum atomic E-state index is 0.0274. The highest BCUT2D eigenvalue weighted by Crippen LogP contribution is 2.17. The Morgan fingerprint density at radius 2 is 1.82 bits per heavy atom. The van der Waals surface area contributed by atoms with Crippen molar-refractivity contribution in [2.45, 2.75) is 20.4 Å². The maximum absolute atomic E-state index is 12.3. The van der Waals surface area contributed by atoms with Gasteiger partial charge in [-0.15, -0.1) is 0 Å². The van der Waals surface area contributed by atoms with E-state index in [-0.39, 0.29) is 5.91 Å². The molecule has 0 saturated carbocycles. The Morgan fingerprint density at radius 3 is 2.50 bits per heavy atom. The Labute approximate surface area is 145 Å². The number of anilines is 1. The third-order valence-electron chi connectivity index (χ3n) is 3.62. The molecule has 0 unspecified atom stereocenters. The first-order chi connectivity index (χ1) is 10.6. The van der Waals surface area contributed by atoms with Gasteiger partial charge in [0.15, 0.2) is 0 Å². The summed E-state index contributed by atoms with van der Waals surface area (Å²) in [7, 11) is 0. The number of carbonyl (C=O) groups excluding carboxylic acids is 1. The van der Waals surface area contributed by atoms with Gasteiger partial charge in [0.05, 0.1) is 12.2 Å². The summed E-state index contributed by atoms with van der Waals surface area (Å²) in [6.07, 6.45) is 0. The van der Waals surface area contributed by atoms with Gasteiger partial charge < -0.3 is 5.32 Å². The van der Waals surface area contributed by atoms with E-state index in [0.717, 1.165) is 22.3 Å². The number of nitrogens with one attached hydrogen (secondary N) is 1. The zero-order chi connectivity index (χ0) is 15.9. The van der Waals surface area contributed by atoms with E-state index in [2.05, 4.69) is 58.8 Å². The molecule has 0 spiro atoms. The summed E-state index contributed by atoms with van der Waals surface area (Å²) in [5.74, 6) is 0.0274. The largest absolute Gasteiger partial charge is 0.324 e. The van der Waals surface area contributed by atoms with Crippen molar-refractivity contribution in [1.29, 1.82) is 0 Å². The van der Waals surface area contributed by atoms with Gasteiger partial charge in [-0.3, -0.25) is 9.69 Å². The molecule has 0 aliphatic heterocycles. The summed E-state index contributed by atoms with van der Waals surface area (Å²) in [5.41, 5.74) is 3.41. The molecule has 2 rings (SSSR count). The van der Waals surface area contributed by atoms with Crippen LogP contribution in [-0.2, 0) is 11.3 Å². The number of likely N-dealkylation sites (N-methyl/N-ethyl adjacent to an activating group) is 1. The molecule has 22 heavy (non-hydrogen) atoms. The van der Waals surface area contributed by atoms with E-state index in [4.69, 9.17) is 0 Å². The van der Waals surface area contributed by atoms with Crippen molar-refractivity contribution < 1.29 is 4.79 Å². The van der Waals surface area contributed by atoms with Crippen LogP contribution in [0.4, 0.5) is 5.69 Å². The Bertz CT molecular complexity index is 642. The van der Waals surface area contributed by atoms with Crippen molar-refractivity contribution in [3.8, 4) is 0 Å². The predicted molar refractivity (Wildman–Crippen MR) is 99.9 cm³/mol. The number of nitrogens with zero attached hydrogens (tertiary/aromatic N) is 1. The molecule has 0 aliphatic carbocycles. The summed E-state index contributed by atoms with van der Waals surface area (Å²) in [6.45, 7) is 6.22. The Kier molecular flexibility index (Phi) is 6.39. The van der Waals surface area contributed by atoms with Crippen LogP contribution in [0.15, 0.2) is 48.5 Å². The van der Waals surface area contributed by atoms with Crippen molar-refractivity contribution in [3.63, 3.8) is 0 Å². The van der Waals surface area contributed by atoms with Crippen LogP contribution in [0.2, 0.25) is 0 Å². The molecule has 0 fully saturated rings. The van der Waals surface area contributed by atoms with Gasteiger partial charge in [0, 0.05) is 10.1 Å². The second-order valence-corrected chi connectivity index (χ2v) is 6.42. The van der Waals surface area contributed by atoms with E-state index in [1.807, 2.05) is 36.4 Å². The number of hydrogen-bond donors (Lipinski definition) is 1. The van der Waals surface area contributed by atoms with Gasteiger partial charge in [0.25, 0.3) is 0 Å². The van der Waals surface area contributed by atoms with E-state index >= 15 is 0 Å². The fourth-order valence-electron chi connectivity index (χ4n) is 2.26. The molecule has 0 radical (unpaired) electrons. The summed E-state index contributed by atoms with van der Waals surface area (Å²) < 4.78 is 1.05. The smallest absolute Gasteiger partial charge is 0.238 e. The SMILES string of the molecule is CCN(CC(=O)Nc1ccccc1I)Cc1ccccc1C. The molecule has 4 heteroatoms.